The number of aliphatic hydroxyl groups excluding tert-OH is 1. The van der Waals surface area contributed by atoms with E-state index in [4.69, 9.17) is 10.8 Å². The zero-order chi connectivity index (χ0) is 26.5. The predicted molar refractivity (Wildman–Crippen MR) is 133 cm³/mol. The highest BCUT2D eigenvalue weighted by molar-refractivity contribution is 7.98. The van der Waals surface area contributed by atoms with Gasteiger partial charge in [0.25, 0.3) is 0 Å². The van der Waals surface area contributed by atoms with Gasteiger partial charge >= 0.3 is 5.97 Å². The molecule has 5 atom stereocenters. The molecule has 196 valence electrons. The molecule has 0 saturated heterocycles. The summed E-state index contributed by atoms with van der Waals surface area (Å²) in [5.41, 5.74) is 6.58. The molecule has 35 heavy (non-hydrogen) atoms. The standard InChI is InChI=1S/C23H36N4O7S/c1-4-13(2)19(24)22(32)25-16(9-10-35-3)20(30)26-17(11-14-5-7-15(29)8-6-14)21(31)27-18(12-28)23(33)34/h5-8,13,16-19,28-29H,4,9-12,24H2,1-3H3,(H,25,32)(H,26,30)(H,27,31)(H,33,34). The summed E-state index contributed by atoms with van der Waals surface area (Å²) in [5, 5.41) is 35.4. The molecule has 5 unspecified atom stereocenters. The Bertz CT molecular complexity index is 853. The van der Waals surface area contributed by atoms with Gasteiger partial charge in [-0.3, -0.25) is 14.4 Å². The van der Waals surface area contributed by atoms with E-state index in [1.165, 1.54) is 23.9 Å². The molecule has 1 aromatic carbocycles. The molecule has 0 aliphatic rings. The van der Waals surface area contributed by atoms with Gasteiger partial charge in [-0.15, -0.1) is 0 Å². The number of aliphatic hydroxyl groups is 1. The summed E-state index contributed by atoms with van der Waals surface area (Å²) in [6, 6.07) is 1.41. The Morgan fingerprint density at radius 3 is 2.03 bits per heavy atom. The second kappa shape index (κ2) is 15.2. The van der Waals surface area contributed by atoms with Gasteiger partial charge in [0.15, 0.2) is 0 Å². The van der Waals surface area contributed by atoms with E-state index in [-0.39, 0.29) is 24.5 Å². The van der Waals surface area contributed by atoms with Crippen LogP contribution in [0.15, 0.2) is 24.3 Å². The number of carbonyl (C=O) groups is 4. The zero-order valence-electron chi connectivity index (χ0n) is 20.2. The van der Waals surface area contributed by atoms with E-state index in [1.807, 2.05) is 20.1 Å². The van der Waals surface area contributed by atoms with Crippen molar-refractivity contribution in [2.24, 2.45) is 11.7 Å². The first-order valence-electron chi connectivity index (χ1n) is 11.3. The third-order valence-corrected chi connectivity index (χ3v) is 6.25. The van der Waals surface area contributed by atoms with Crippen LogP contribution in [-0.4, -0.2) is 81.8 Å². The molecule has 1 rings (SSSR count). The Balaban J connectivity index is 3.10. The van der Waals surface area contributed by atoms with Crippen molar-refractivity contribution in [1.82, 2.24) is 16.0 Å². The first kappa shape index (κ1) is 30.2. The molecular weight excluding hydrogens is 476 g/mol. The topological polar surface area (TPSA) is 191 Å². The SMILES string of the molecule is CCC(C)C(N)C(=O)NC(CCSC)C(=O)NC(Cc1ccc(O)cc1)C(=O)NC(CO)C(=O)O. The fourth-order valence-electron chi connectivity index (χ4n) is 3.09. The number of amides is 3. The Morgan fingerprint density at radius 1 is 0.971 bits per heavy atom. The second-order valence-electron chi connectivity index (χ2n) is 8.27. The molecule has 11 nitrogen and oxygen atoms in total. The molecule has 0 heterocycles. The number of aliphatic carboxylic acids is 1. The van der Waals surface area contributed by atoms with Crippen molar-refractivity contribution in [3.63, 3.8) is 0 Å². The molecule has 0 bridgehead atoms. The number of carbonyl (C=O) groups excluding carboxylic acids is 3. The number of nitrogens with one attached hydrogen (secondary N) is 3. The van der Waals surface area contributed by atoms with E-state index in [0.29, 0.717) is 17.7 Å². The number of benzene rings is 1. The van der Waals surface area contributed by atoms with Gasteiger partial charge in [-0.25, -0.2) is 4.79 Å². The van der Waals surface area contributed by atoms with Gasteiger partial charge in [-0.05, 0) is 42.0 Å². The van der Waals surface area contributed by atoms with Crippen molar-refractivity contribution in [1.29, 1.82) is 0 Å². The Labute approximate surface area is 209 Å². The smallest absolute Gasteiger partial charge is 0.328 e. The van der Waals surface area contributed by atoms with E-state index < -0.39 is 54.5 Å². The van der Waals surface area contributed by atoms with Crippen molar-refractivity contribution >= 4 is 35.5 Å². The Hall–Kier alpha value is -2.83. The van der Waals surface area contributed by atoms with E-state index >= 15 is 0 Å². The van der Waals surface area contributed by atoms with Crippen molar-refractivity contribution in [3.05, 3.63) is 29.8 Å². The molecule has 0 fully saturated rings. The molecule has 12 heteroatoms. The molecule has 0 spiro atoms. The molecule has 0 radical (unpaired) electrons. The lowest BCUT2D eigenvalue weighted by Crippen LogP contribution is -2.58. The molecular formula is C23H36N4O7S. The monoisotopic (exact) mass is 512 g/mol. The summed E-state index contributed by atoms with van der Waals surface area (Å²) in [6.07, 6.45) is 2.80. The van der Waals surface area contributed by atoms with Crippen LogP contribution in [0.1, 0.15) is 32.3 Å². The molecule has 0 saturated carbocycles. The summed E-state index contributed by atoms with van der Waals surface area (Å²) >= 11 is 1.48. The Morgan fingerprint density at radius 2 is 1.51 bits per heavy atom. The third kappa shape index (κ3) is 10.1. The van der Waals surface area contributed by atoms with Crippen molar-refractivity contribution < 1.29 is 34.5 Å². The zero-order valence-corrected chi connectivity index (χ0v) is 21.0. The quantitative estimate of drug-likeness (QED) is 0.164. The first-order chi connectivity index (χ1) is 16.5. The van der Waals surface area contributed by atoms with Crippen molar-refractivity contribution in [3.8, 4) is 5.75 Å². The van der Waals surface area contributed by atoms with Crippen molar-refractivity contribution in [2.75, 3.05) is 18.6 Å². The lowest BCUT2D eigenvalue weighted by molar-refractivity contribution is -0.143. The maximum Gasteiger partial charge on any atom is 0.328 e. The first-order valence-corrected chi connectivity index (χ1v) is 12.7. The van der Waals surface area contributed by atoms with Crippen LogP contribution in [0.4, 0.5) is 0 Å². The van der Waals surface area contributed by atoms with Crippen LogP contribution in [0.5, 0.6) is 5.75 Å². The van der Waals surface area contributed by atoms with Crippen LogP contribution in [-0.2, 0) is 25.6 Å². The number of nitrogens with two attached hydrogens (primary N) is 1. The highest BCUT2D eigenvalue weighted by Gasteiger charge is 2.31. The molecule has 0 aromatic heterocycles. The van der Waals surface area contributed by atoms with Gasteiger partial charge in [0.2, 0.25) is 17.7 Å². The minimum absolute atomic E-state index is 0.0162. The maximum absolute atomic E-state index is 13.1. The van der Waals surface area contributed by atoms with Gasteiger partial charge < -0.3 is 37.0 Å². The molecule has 1 aromatic rings. The van der Waals surface area contributed by atoms with Gasteiger partial charge in [-0.1, -0.05) is 32.4 Å². The molecule has 3 amide bonds. The number of carboxylic acids is 1. The minimum atomic E-state index is -1.55. The van der Waals surface area contributed by atoms with Crippen LogP contribution in [0, 0.1) is 5.92 Å². The number of phenols is 1. The van der Waals surface area contributed by atoms with Gasteiger partial charge in [0.1, 0.15) is 23.9 Å². The highest BCUT2D eigenvalue weighted by atomic mass is 32.2. The number of thioether (sulfide) groups is 1. The van der Waals surface area contributed by atoms with E-state index in [1.54, 1.807) is 12.1 Å². The van der Waals surface area contributed by atoms with Crippen molar-refractivity contribution in [2.45, 2.75) is 57.3 Å². The van der Waals surface area contributed by atoms with E-state index in [0.717, 1.165) is 0 Å². The summed E-state index contributed by atoms with van der Waals surface area (Å²) in [7, 11) is 0. The average Bonchev–Trinajstić information content (AvgIpc) is 2.84. The number of carboxylic acid groups (broad SMARTS) is 1. The van der Waals surface area contributed by atoms with Crippen LogP contribution < -0.4 is 21.7 Å². The summed E-state index contributed by atoms with van der Waals surface area (Å²) in [4.78, 5) is 49.8. The maximum atomic E-state index is 13.1. The number of phenolic OH excluding ortho intramolecular Hbond substituents is 1. The molecule has 0 aliphatic heterocycles. The fourth-order valence-corrected chi connectivity index (χ4v) is 3.56. The van der Waals surface area contributed by atoms with Gasteiger partial charge in [-0.2, -0.15) is 11.8 Å². The lowest BCUT2D eigenvalue weighted by Gasteiger charge is -2.26. The summed E-state index contributed by atoms with van der Waals surface area (Å²) < 4.78 is 0. The van der Waals surface area contributed by atoms with Crippen LogP contribution >= 0.6 is 11.8 Å². The fraction of sp³-hybridized carbons (Fsp3) is 0.565. The minimum Gasteiger partial charge on any atom is -0.508 e. The van der Waals surface area contributed by atoms with E-state index in [9.17, 15) is 29.4 Å². The van der Waals surface area contributed by atoms with Crippen LogP contribution in [0.2, 0.25) is 0 Å². The number of aromatic hydroxyl groups is 1. The number of hydrogen-bond donors (Lipinski definition) is 7. The predicted octanol–water partition coefficient (Wildman–Crippen LogP) is -0.407. The molecule has 8 N–H and O–H groups in total. The van der Waals surface area contributed by atoms with Crippen LogP contribution in [0.3, 0.4) is 0 Å². The largest absolute Gasteiger partial charge is 0.508 e. The van der Waals surface area contributed by atoms with Gasteiger partial charge in [0, 0.05) is 6.42 Å². The number of hydrogen-bond acceptors (Lipinski definition) is 8. The average molecular weight is 513 g/mol. The second-order valence-corrected chi connectivity index (χ2v) is 9.25. The number of rotatable bonds is 15. The third-order valence-electron chi connectivity index (χ3n) is 5.61. The lowest BCUT2D eigenvalue weighted by atomic mass is 9.99. The highest BCUT2D eigenvalue weighted by Crippen LogP contribution is 2.12. The summed E-state index contributed by atoms with van der Waals surface area (Å²) in [5.74, 6) is -2.89. The summed E-state index contributed by atoms with van der Waals surface area (Å²) in [6.45, 7) is 2.90. The Kier molecular flexibility index (Phi) is 13.1. The van der Waals surface area contributed by atoms with E-state index in [2.05, 4.69) is 16.0 Å². The normalized spacial score (nSPS) is 15.2. The van der Waals surface area contributed by atoms with Gasteiger partial charge in [0.05, 0.1) is 12.6 Å². The molecule has 0 aliphatic carbocycles. The van der Waals surface area contributed by atoms with Crippen LogP contribution in [0.25, 0.3) is 0 Å².